The molecule has 0 saturated carbocycles. The van der Waals surface area contributed by atoms with Crippen molar-refractivity contribution in [3.05, 3.63) is 94.0 Å². The minimum Gasteiger partial charge on any atom is -0.340 e. The Labute approximate surface area is 161 Å². The molecule has 0 saturated heterocycles. The minimum atomic E-state index is 0.203. The van der Waals surface area contributed by atoms with Gasteiger partial charge in [-0.05, 0) is 42.5 Å². The topological polar surface area (TPSA) is 71.8 Å². The van der Waals surface area contributed by atoms with Gasteiger partial charge in [-0.3, -0.25) is 10.8 Å². The lowest BCUT2D eigenvalue weighted by atomic mass is 10.2. The van der Waals surface area contributed by atoms with Crippen molar-refractivity contribution in [2.24, 2.45) is 0 Å². The molecule has 4 N–H and O–H groups in total. The van der Waals surface area contributed by atoms with Crippen molar-refractivity contribution >= 4 is 46.2 Å². The summed E-state index contributed by atoms with van der Waals surface area (Å²) >= 11 is 12.3. The Hall–Kier alpha value is -2.82. The Morgan fingerprint density at radius 3 is 1.46 bits per heavy atom. The Balaban J connectivity index is 1.74. The van der Waals surface area contributed by atoms with Gasteiger partial charge >= 0.3 is 0 Å². The summed E-state index contributed by atoms with van der Waals surface area (Å²) in [6.07, 6.45) is 0. The molecule has 3 aromatic rings. The molecule has 0 fully saturated rings. The van der Waals surface area contributed by atoms with Gasteiger partial charge in [-0.25, -0.2) is 0 Å². The average molecular weight is 383 g/mol. The molecule has 0 atom stereocenters. The maximum Gasteiger partial charge on any atom is 0.131 e. The predicted octanol–water partition coefficient (Wildman–Crippen LogP) is 5.87. The average Bonchev–Trinajstić information content (AvgIpc) is 2.62. The number of nitrogens with one attached hydrogen (secondary N) is 4. The number of anilines is 2. The SMILES string of the molecule is N=C(Nc1cccc(NC(=N)c2ccccc2Cl)c1)c1ccccc1Cl. The van der Waals surface area contributed by atoms with Crippen LogP contribution < -0.4 is 10.6 Å². The Morgan fingerprint density at radius 2 is 1.04 bits per heavy atom. The normalized spacial score (nSPS) is 10.2. The van der Waals surface area contributed by atoms with Crippen molar-refractivity contribution < 1.29 is 0 Å². The summed E-state index contributed by atoms with van der Waals surface area (Å²) in [5, 5.41) is 23.5. The molecule has 3 rings (SSSR count). The van der Waals surface area contributed by atoms with Crippen molar-refractivity contribution in [1.29, 1.82) is 10.8 Å². The fourth-order valence-electron chi connectivity index (χ4n) is 2.43. The van der Waals surface area contributed by atoms with E-state index in [2.05, 4.69) is 10.6 Å². The zero-order chi connectivity index (χ0) is 18.5. The molecule has 130 valence electrons. The predicted molar refractivity (Wildman–Crippen MR) is 110 cm³/mol. The molecule has 0 amide bonds. The van der Waals surface area contributed by atoms with E-state index >= 15 is 0 Å². The van der Waals surface area contributed by atoms with E-state index in [-0.39, 0.29) is 11.7 Å². The highest BCUT2D eigenvalue weighted by atomic mass is 35.5. The standard InChI is InChI=1S/C20H16Cl2N4/c21-17-10-3-1-8-15(17)19(23)25-13-6-5-7-14(12-13)26-20(24)16-9-2-4-11-18(16)22/h1-12H,(H2,23,25)(H2,24,26). The van der Waals surface area contributed by atoms with Gasteiger partial charge in [0.2, 0.25) is 0 Å². The second-order valence-electron chi connectivity index (χ2n) is 5.54. The number of halogens is 2. The number of hydrogen-bond acceptors (Lipinski definition) is 2. The molecule has 0 spiro atoms. The Bertz CT molecular complexity index is 895. The Kier molecular flexibility index (Phi) is 5.56. The van der Waals surface area contributed by atoms with Crippen LogP contribution >= 0.6 is 23.2 Å². The van der Waals surface area contributed by atoms with E-state index < -0.39 is 0 Å². The van der Waals surface area contributed by atoms with E-state index in [1.807, 2.05) is 48.5 Å². The van der Waals surface area contributed by atoms with Gasteiger partial charge in [0.1, 0.15) is 11.7 Å². The molecule has 0 radical (unpaired) electrons. The molecule has 6 heteroatoms. The van der Waals surface area contributed by atoms with Crippen molar-refractivity contribution in [2.75, 3.05) is 10.6 Å². The summed E-state index contributed by atoms with van der Waals surface area (Å²) in [4.78, 5) is 0. The van der Waals surface area contributed by atoms with E-state index in [1.54, 1.807) is 24.3 Å². The summed E-state index contributed by atoms with van der Waals surface area (Å²) in [6.45, 7) is 0. The maximum atomic E-state index is 8.21. The maximum absolute atomic E-state index is 8.21. The molecule has 0 heterocycles. The molecule has 0 aliphatic heterocycles. The highest BCUT2D eigenvalue weighted by Gasteiger charge is 2.08. The molecule has 0 aliphatic rings. The molecule has 4 nitrogen and oxygen atoms in total. The Morgan fingerprint density at radius 1 is 0.615 bits per heavy atom. The first-order valence-electron chi connectivity index (χ1n) is 7.85. The number of amidine groups is 2. The molecular weight excluding hydrogens is 367 g/mol. The fourth-order valence-corrected chi connectivity index (χ4v) is 2.89. The van der Waals surface area contributed by atoms with Crippen LogP contribution in [0.1, 0.15) is 11.1 Å². The smallest absolute Gasteiger partial charge is 0.131 e. The molecule has 0 bridgehead atoms. The van der Waals surface area contributed by atoms with Gasteiger partial charge in [0.15, 0.2) is 0 Å². The monoisotopic (exact) mass is 382 g/mol. The lowest BCUT2D eigenvalue weighted by Crippen LogP contribution is -2.14. The lowest BCUT2D eigenvalue weighted by molar-refractivity contribution is 1.43. The van der Waals surface area contributed by atoms with E-state index in [4.69, 9.17) is 34.0 Å². The van der Waals surface area contributed by atoms with Crippen molar-refractivity contribution in [3.63, 3.8) is 0 Å². The van der Waals surface area contributed by atoms with Gasteiger partial charge in [0.25, 0.3) is 0 Å². The summed E-state index contributed by atoms with van der Waals surface area (Å²) in [7, 11) is 0. The van der Waals surface area contributed by atoms with Gasteiger partial charge in [-0.1, -0.05) is 53.5 Å². The van der Waals surface area contributed by atoms with Crippen LogP contribution in [0, 0.1) is 10.8 Å². The highest BCUT2D eigenvalue weighted by molar-refractivity contribution is 6.35. The van der Waals surface area contributed by atoms with Gasteiger partial charge in [-0.2, -0.15) is 0 Å². The van der Waals surface area contributed by atoms with Crippen LogP contribution in [-0.4, -0.2) is 11.7 Å². The summed E-state index contributed by atoms with van der Waals surface area (Å²) in [5.74, 6) is 0.405. The first-order chi connectivity index (χ1) is 12.5. The second-order valence-corrected chi connectivity index (χ2v) is 6.35. The molecular formula is C20H16Cl2N4. The number of benzene rings is 3. The molecule has 3 aromatic carbocycles. The van der Waals surface area contributed by atoms with Gasteiger partial charge in [-0.15, -0.1) is 0 Å². The molecule has 0 aromatic heterocycles. The lowest BCUT2D eigenvalue weighted by Gasteiger charge is -2.13. The summed E-state index contributed by atoms with van der Waals surface area (Å²) in [6, 6.07) is 21.7. The number of hydrogen-bond donors (Lipinski definition) is 4. The first kappa shape index (κ1) is 18.0. The van der Waals surface area contributed by atoms with Crippen LogP contribution in [0.2, 0.25) is 10.0 Å². The van der Waals surface area contributed by atoms with Crippen LogP contribution in [0.25, 0.3) is 0 Å². The fraction of sp³-hybridized carbons (Fsp3) is 0. The zero-order valence-electron chi connectivity index (χ0n) is 13.7. The van der Waals surface area contributed by atoms with Gasteiger partial charge in [0, 0.05) is 22.5 Å². The van der Waals surface area contributed by atoms with E-state index in [9.17, 15) is 0 Å². The summed E-state index contributed by atoms with van der Waals surface area (Å²) < 4.78 is 0. The minimum absolute atomic E-state index is 0.203. The second kappa shape index (κ2) is 8.04. The zero-order valence-corrected chi connectivity index (χ0v) is 15.2. The molecule has 0 unspecified atom stereocenters. The third-order valence-electron chi connectivity index (χ3n) is 3.69. The van der Waals surface area contributed by atoms with E-state index in [1.165, 1.54) is 0 Å². The van der Waals surface area contributed by atoms with Crippen LogP contribution in [0.15, 0.2) is 72.8 Å². The highest BCUT2D eigenvalue weighted by Crippen LogP contribution is 2.21. The van der Waals surface area contributed by atoms with Gasteiger partial charge < -0.3 is 10.6 Å². The third kappa shape index (κ3) is 4.23. The molecule has 0 aliphatic carbocycles. The number of rotatable bonds is 4. The van der Waals surface area contributed by atoms with Crippen molar-refractivity contribution in [1.82, 2.24) is 0 Å². The van der Waals surface area contributed by atoms with Crippen molar-refractivity contribution in [2.45, 2.75) is 0 Å². The van der Waals surface area contributed by atoms with Crippen LogP contribution in [0.4, 0.5) is 11.4 Å². The van der Waals surface area contributed by atoms with Crippen LogP contribution in [0.5, 0.6) is 0 Å². The van der Waals surface area contributed by atoms with Crippen LogP contribution in [0.3, 0.4) is 0 Å². The van der Waals surface area contributed by atoms with E-state index in [0.29, 0.717) is 32.5 Å². The molecule has 26 heavy (non-hydrogen) atoms. The van der Waals surface area contributed by atoms with Crippen molar-refractivity contribution in [3.8, 4) is 0 Å². The largest absolute Gasteiger partial charge is 0.340 e. The van der Waals surface area contributed by atoms with E-state index in [0.717, 1.165) is 0 Å². The van der Waals surface area contributed by atoms with Gasteiger partial charge in [0.05, 0.1) is 10.0 Å². The quantitative estimate of drug-likeness (QED) is 0.336. The first-order valence-corrected chi connectivity index (χ1v) is 8.61. The summed E-state index contributed by atoms with van der Waals surface area (Å²) in [5.41, 5.74) is 2.67. The third-order valence-corrected chi connectivity index (χ3v) is 4.35. The van der Waals surface area contributed by atoms with Crippen LogP contribution in [-0.2, 0) is 0 Å².